The van der Waals surface area contributed by atoms with E-state index in [1.807, 2.05) is 0 Å². The van der Waals surface area contributed by atoms with Crippen LogP contribution in [0.5, 0.6) is 11.5 Å². The molecule has 0 bridgehead atoms. The highest BCUT2D eigenvalue weighted by atomic mass is 16.5. The molecule has 0 spiro atoms. The highest BCUT2D eigenvalue weighted by Gasteiger charge is 2.18. The molecule has 0 radical (unpaired) electrons. The number of hydrogen-bond acceptors (Lipinski definition) is 4. The fourth-order valence-electron chi connectivity index (χ4n) is 1.45. The maximum atomic E-state index is 11.8. The van der Waals surface area contributed by atoms with Gasteiger partial charge in [0.25, 0.3) is 0 Å². The normalized spacial score (nSPS) is 11.1. The molecular formula is C14H14O5. The number of methoxy groups -OCH3 is 1. The van der Waals surface area contributed by atoms with Crippen LogP contribution in [0.15, 0.2) is 36.4 Å². The monoisotopic (exact) mass is 262 g/mol. The molecule has 0 aliphatic rings. The van der Waals surface area contributed by atoms with Crippen LogP contribution in [0.4, 0.5) is 0 Å². The lowest BCUT2D eigenvalue weighted by Gasteiger charge is -2.08. The summed E-state index contributed by atoms with van der Waals surface area (Å²) in [6, 6.07) is 2.21. The standard InChI is InChI=1S/C14H14O5/c1-3-4-5-6-11(15)9-7-10(14(17)18)13(19-2)8-12(9)16/h3-8,16H,1-2H3,(H,17,18). The first kappa shape index (κ1) is 14.5. The van der Waals surface area contributed by atoms with Gasteiger partial charge in [0.2, 0.25) is 0 Å². The van der Waals surface area contributed by atoms with Gasteiger partial charge in [0.15, 0.2) is 5.78 Å². The lowest BCUT2D eigenvalue weighted by Crippen LogP contribution is -2.04. The van der Waals surface area contributed by atoms with Crippen LogP contribution in [0.25, 0.3) is 0 Å². The average Bonchev–Trinajstić information content (AvgIpc) is 2.37. The number of aromatic carboxylic acids is 1. The topological polar surface area (TPSA) is 83.8 Å². The maximum Gasteiger partial charge on any atom is 0.339 e. The highest BCUT2D eigenvalue weighted by molar-refractivity contribution is 6.08. The van der Waals surface area contributed by atoms with Crippen molar-refractivity contribution in [3.05, 3.63) is 47.6 Å². The third-order valence-electron chi connectivity index (χ3n) is 2.36. The molecule has 100 valence electrons. The van der Waals surface area contributed by atoms with Crippen LogP contribution in [0.1, 0.15) is 27.6 Å². The van der Waals surface area contributed by atoms with Crippen molar-refractivity contribution < 1.29 is 24.5 Å². The van der Waals surface area contributed by atoms with Crippen molar-refractivity contribution in [1.82, 2.24) is 0 Å². The molecule has 0 heterocycles. The molecule has 5 nitrogen and oxygen atoms in total. The van der Waals surface area contributed by atoms with Gasteiger partial charge >= 0.3 is 5.97 Å². The average molecular weight is 262 g/mol. The lowest BCUT2D eigenvalue weighted by molar-refractivity contribution is 0.0693. The van der Waals surface area contributed by atoms with Crippen LogP contribution in [0.3, 0.4) is 0 Å². The summed E-state index contributed by atoms with van der Waals surface area (Å²) in [5.41, 5.74) is -0.262. The Hall–Kier alpha value is -2.56. The first-order chi connectivity index (χ1) is 9.01. The van der Waals surface area contributed by atoms with Gasteiger partial charge in [-0.15, -0.1) is 0 Å². The maximum absolute atomic E-state index is 11.8. The first-order valence-electron chi connectivity index (χ1n) is 5.49. The van der Waals surface area contributed by atoms with E-state index in [0.29, 0.717) is 0 Å². The Morgan fingerprint density at radius 1 is 1.21 bits per heavy atom. The Balaban J connectivity index is 3.25. The number of phenolic OH excluding ortho intramolecular Hbond substituents is 1. The predicted octanol–water partition coefficient (Wildman–Crippen LogP) is 2.41. The van der Waals surface area contributed by atoms with Crippen molar-refractivity contribution >= 4 is 11.8 Å². The number of hydrogen-bond donors (Lipinski definition) is 2. The molecule has 19 heavy (non-hydrogen) atoms. The number of carboxylic acid groups (broad SMARTS) is 1. The zero-order valence-electron chi connectivity index (χ0n) is 10.6. The quantitative estimate of drug-likeness (QED) is 0.483. The summed E-state index contributed by atoms with van der Waals surface area (Å²) in [5, 5.41) is 18.7. The molecule has 0 unspecified atom stereocenters. The largest absolute Gasteiger partial charge is 0.507 e. The third kappa shape index (κ3) is 3.45. The van der Waals surface area contributed by atoms with Gasteiger partial charge in [-0.3, -0.25) is 4.79 Å². The molecule has 2 N–H and O–H groups in total. The Morgan fingerprint density at radius 2 is 1.89 bits per heavy atom. The number of carbonyl (C=O) groups is 2. The van der Waals surface area contributed by atoms with E-state index in [1.165, 1.54) is 19.3 Å². The van der Waals surface area contributed by atoms with Crippen LogP contribution in [0, 0.1) is 0 Å². The van der Waals surface area contributed by atoms with Gasteiger partial charge in [0, 0.05) is 6.07 Å². The van der Waals surface area contributed by atoms with E-state index >= 15 is 0 Å². The Morgan fingerprint density at radius 3 is 2.42 bits per heavy atom. The molecule has 0 saturated heterocycles. The van der Waals surface area contributed by atoms with E-state index in [0.717, 1.165) is 12.1 Å². The number of rotatable bonds is 5. The van der Waals surface area contributed by atoms with Crippen LogP contribution in [-0.4, -0.2) is 29.1 Å². The fourth-order valence-corrected chi connectivity index (χ4v) is 1.45. The molecule has 0 aliphatic carbocycles. The zero-order chi connectivity index (χ0) is 14.4. The SMILES string of the molecule is CC=CC=CC(=O)c1cc(C(=O)O)c(OC)cc1O. The first-order valence-corrected chi connectivity index (χ1v) is 5.49. The summed E-state index contributed by atoms with van der Waals surface area (Å²) in [5.74, 6) is -2.04. The van der Waals surface area contributed by atoms with Crippen molar-refractivity contribution in [3.63, 3.8) is 0 Å². The number of aromatic hydroxyl groups is 1. The second-order valence-electron chi connectivity index (χ2n) is 3.62. The summed E-state index contributed by atoms with van der Waals surface area (Å²) < 4.78 is 4.84. The molecule has 0 aromatic heterocycles. The van der Waals surface area contributed by atoms with Crippen molar-refractivity contribution in [2.75, 3.05) is 7.11 Å². The summed E-state index contributed by atoms with van der Waals surface area (Å²) in [7, 11) is 1.29. The molecular weight excluding hydrogens is 248 g/mol. The van der Waals surface area contributed by atoms with Crippen LogP contribution in [0.2, 0.25) is 0 Å². The summed E-state index contributed by atoms with van der Waals surface area (Å²) in [4.78, 5) is 22.8. The van der Waals surface area contributed by atoms with Crippen molar-refractivity contribution in [1.29, 1.82) is 0 Å². The molecule has 0 atom stereocenters. The number of allylic oxidation sites excluding steroid dienone is 4. The van der Waals surface area contributed by atoms with Gasteiger partial charge in [-0.25, -0.2) is 4.79 Å². The number of ketones is 1. The molecule has 0 saturated carbocycles. The van der Waals surface area contributed by atoms with E-state index in [4.69, 9.17) is 9.84 Å². The summed E-state index contributed by atoms with van der Waals surface area (Å²) in [6.07, 6.45) is 6.14. The van der Waals surface area contributed by atoms with E-state index in [1.54, 1.807) is 19.1 Å². The molecule has 1 aromatic carbocycles. The van der Waals surface area contributed by atoms with Crippen LogP contribution >= 0.6 is 0 Å². The summed E-state index contributed by atoms with van der Waals surface area (Å²) >= 11 is 0. The van der Waals surface area contributed by atoms with Crippen molar-refractivity contribution in [2.24, 2.45) is 0 Å². The van der Waals surface area contributed by atoms with Gasteiger partial charge in [-0.05, 0) is 19.1 Å². The fraction of sp³-hybridized carbons (Fsp3) is 0.143. The number of ether oxygens (including phenoxy) is 1. The molecule has 1 rings (SSSR count). The minimum Gasteiger partial charge on any atom is -0.507 e. The molecule has 0 amide bonds. The van der Waals surface area contributed by atoms with Crippen molar-refractivity contribution in [3.8, 4) is 11.5 Å². The number of carboxylic acids is 1. The Labute approximate surface area is 110 Å². The van der Waals surface area contributed by atoms with Crippen molar-refractivity contribution in [2.45, 2.75) is 6.92 Å². The molecule has 1 aromatic rings. The van der Waals surface area contributed by atoms with E-state index in [9.17, 15) is 14.7 Å². The molecule has 0 fully saturated rings. The minimum atomic E-state index is -1.23. The van der Waals surface area contributed by atoms with Gasteiger partial charge in [0.1, 0.15) is 17.1 Å². The Kier molecular flexibility index (Phi) is 4.88. The second kappa shape index (κ2) is 6.39. The van der Waals surface area contributed by atoms with Gasteiger partial charge in [-0.1, -0.05) is 18.2 Å². The predicted molar refractivity (Wildman–Crippen MR) is 69.9 cm³/mol. The lowest BCUT2D eigenvalue weighted by atomic mass is 10.0. The zero-order valence-corrected chi connectivity index (χ0v) is 10.6. The second-order valence-corrected chi connectivity index (χ2v) is 3.62. The van der Waals surface area contributed by atoms with Gasteiger partial charge < -0.3 is 14.9 Å². The number of carbonyl (C=O) groups excluding carboxylic acids is 1. The van der Waals surface area contributed by atoms with E-state index in [2.05, 4.69) is 0 Å². The summed E-state index contributed by atoms with van der Waals surface area (Å²) in [6.45, 7) is 1.79. The molecule has 0 aliphatic heterocycles. The Bertz CT molecular complexity index is 555. The number of benzene rings is 1. The van der Waals surface area contributed by atoms with E-state index in [-0.39, 0.29) is 22.6 Å². The van der Waals surface area contributed by atoms with E-state index < -0.39 is 11.8 Å². The van der Waals surface area contributed by atoms with Gasteiger partial charge in [-0.2, -0.15) is 0 Å². The molecule has 5 heteroatoms. The highest BCUT2D eigenvalue weighted by Crippen LogP contribution is 2.28. The van der Waals surface area contributed by atoms with Gasteiger partial charge in [0.05, 0.1) is 12.7 Å². The number of phenols is 1. The third-order valence-corrected chi connectivity index (χ3v) is 2.36. The smallest absolute Gasteiger partial charge is 0.339 e. The van der Waals surface area contributed by atoms with Crippen LogP contribution in [-0.2, 0) is 0 Å². The minimum absolute atomic E-state index is 0.000941. The van der Waals surface area contributed by atoms with Crippen LogP contribution < -0.4 is 4.74 Å².